The number of rotatable bonds is 6. The van der Waals surface area contributed by atoms with Crippen LogP contribution >= 0.6 is 15.9 Å². The van der Waals surface area contributed by atoms with Gasteiger partial charge in [-0.1, -0.05) is 26.0 Å². The quantitative estimate of drug-likeness (QED) is 0.851. The van der Waals surface area contributed by atoms with Crippen molar-refractivity contribution in [2.24, 2.45) is 0 Å². The molecule has 0 aliphatic rings. The molecule has 0 aliphatic carbocycles. The van der Waals surface area contributed by atoms with Crippen molar-refractivity contribution in [2.45, 2.75) is 33.0 Å². The van der Waals surface area contributed by atoms with Crippen LogP contribution in [0.5, 0.6) is 5.75 Å². The average Bonchev–Trinajstić information content (AvgIpc) is 2.46. The second-order valence-corrected chi connectivity index (χ2v) is 5.94. The van der Waals surface area contributed by atoms with Gasteiger partial charge in [0.2, 0.25) is 0 Å². The van der Waals surface area contributed by atoms with Crippen molar-refractivity contribution in [3.05, 3.63) is 58.1 Å². The molecule has 3 nitrogen and oxygen atoms in total. The van der Waals surface area contributed by atoms with E-state index >= 15 is 0 Å². The Kier molecular flexibility index (Phi) is 5.70. The maximum absolute atomic E-state index is 14.0. The Labute approximate surface area is 132 Å². The highest BCUT2D eigenvalue weighted by atomic mass is 79.9. The second-order valence-electron chi connectivity index (χ2n) is 5.02. The van der Waals surface area contributed by atoms with Crippen LogP contribution in [0.25, 0.3) is 0 Å². The second kappa shape index (κ2) is 7.52. The molecule has 0 fully saturated rings. The van der Waals surface area contributed by atoms with E-state index in [9.17, 15) is 4.39 Å². The maximum atomic E-state index is 14.0. The lowest BCUT2D eigenvalue weighted by molar-refractivity contribution is 0.281. The van der Waals surface area contributed by atoms with E-state index in [-0.39, 0.29) is 18.2 Å². The van der Waals surface area contributed by atoms with Gasteiger partial charge >= 0.3 is 0 Å². The first kappa shape index (κ1) is 15.9. The van der Waals surface area contributed by atoms with Crippen LogP contribution in [0.2, 0.25) is 0 Å². The summed E-state index contributed by atoms with van der Waals surface area (Å²) >= 11 is 3.33. The molecular weight excluding hydrogens is 335 g/mol. The molecule has 1 N–H and O–H groups in total. The Hall–Kier alpha value is -1.46. The number of hydrogen-bond acceptors (Lipinski definition) is 3. The molecule has 0 bridgehead atoms. The van der Waals surface area contributed by atoms with Gasteiger partial charge in [-0.3, -0.25) is 4.98 Å². The van der Waals surface area contributed by atoms with Crippen LogP contribution in [0, 0.1) is 5.82 Å². The van der Waals surface area contributed by atoms with E-state index in [2.05, 4.69) is 26.2 Å². The molecule has 1 heterocycles. The lowest BCUT2D eigenvalue weighted by Gasteiger charge is -2.14. The smallest absolute Gasteiger partial charge is 0.165 e. The lowest BCUT2D eigenvalue weighted by Crippen LogP contribution is -2.22. The minimum absolute atomic E-state index is 0.239. The summed E-state index contributed by atoms with van der Waals surface area (Å²) in [5, 5.41) is 3.27. The van der Waals surface area contributed by atoms with Crippen LogP contribution in [-0.2, 0) is 13.2 Å². The third kappa shape index (κ3) is 4.79. The number of aromatic nitrogens is 1. The summed E-state index contributed by atoms with van der Waals surface area (Å²) in [6.45, 7) is 4.90. The Morgan fingerprint density at radius 1 is 1.29 bits per heavy atom. The normalized spacial score (nSPS) is 10.9. The number of ether oxygens (including phenoxy) is 1. The maximum Gasteiger partial charge on any atom is 0.165 e. The standard InChI is InChI=1S/C16H18BrFN2O/c1-11(2)19-8-12-4-3-5-15(18)16(12)21-10-14-7-6-13(17)9-20-14/h3-7,9,11,19H,8,10H2,1-2H3. The number of nitrogens with zero attached hydrogens (tertiary/aromatic N) is 1. The van der Waals surface area contributed by atoms with Gasteiger partial charge in [0.25, 0.3) is 0 Å². The van der Waals surface area contributed by atoms with Crippen molar-refractivity contribution in [3.63, 3.8) is 0 Å². The first-order chi connectivity index (χ1) is 10.1. The summed E-state index contributed by atoms with van der Waals surface area (Å²) in [7, 11) is 0. The van der Waals surface area contributed by atoms with Gasteiger partial charge in [0.05, 0.1) is 5.69 Å². The van der Waals surface area contributed by atoms with Gasteiger partial charge in [0.15, 0.2) is 11.6 Å². The average molecular weight is 353 g/mol. The van der Waals surface area contributed by atoms with Crippen LogP contribution in [0.4, 0.5) is 4.39 Å². The van der Waals surface area contributed by atoms with E-state index in [1.807, 2.05) is 32.0 Å². The third-order valence-electron chi connectivity index (χ3n) is 2.90. The summed E-state index contributed by atoms with van der Waals surface area (Å²) < 4.78 is 20.5. The largest absolute Gasteiger partial charge is 0.484 e. The van der Waals surface area contributed by atoms with E-state index in [4.69, 9.17) is 4.74 Å². The first-order valence-electron chi connectivity index (χ1n) is 6.80. The molecule has 1 aromatic carbocycles. The SMILES string of the molecule is CC(C)NCc1cccc(F)c1OCc1ccc(Br)cn1. The van der Waals surface area contributed by atoms with Gasteiger partial charge in [0.1, 0.15) is 6.61 Å². The van der Waals surface area contributed by atoms with Crippen molar-refractivity contribution < 1.29 is 9.13 Å². The molecule has 2 aromatic rings. The van der Waals surface area contributed by atoms with Crippen molar-refractivity contribution >= 4 is 15.9 Å². The van der Waals surface area contributed by atoms with Crippen LogP contribution < -0.4 is 10.1 Å². The Morgan fingerprint density at radius 3 is 2.76 bits per heavy atom. The lowest BCUT2D eigenvalue weighted by atomic mass is 10.2. The predicted octanol–water partition coefficient (Wildman–Crippen LogP) is 4.06. The van der Waals surface area contributed by atoms with E-state index in [1.165, 1.54) is 6.07 Å². The van der Waals surface area contributed by atoms with Crippen LogP contribution in [-0.4, -0.2) is 11.0 Å². The van der Waals surface area contributed by atoms with E-state index in [1.54, 1.807) is 12.3 Å². The molecule has 5 heteroatoms. The zero-order chi connectivity index (χ0) is 15.2. The zero-order valence-corrected chi connectivity index (χ0v) is 13.7. The molecule has 0 saturated carbocycles. The van der Waals surface area contributed by atoms with Crippen LogP contribution in [0.3, 0.4) is 0 Å². The molecule has 21 heavy (non-hydrogen) atoms. The summed E-state index contributed by atoms with van der Waals surface area (Å²) in [4.78, 5) is 4.22. The van der Waals surface area contributed by atoms with Crippen LogP contribution in [0.1, 0.15) is 25.1 Å². The van der Waals surface area contributed by atoms with Gasteiger partial charge < -0.3 is 10.1 Å². The fourth-order valence-electron chi connectivity index (χ4n) is 1.81. The van der Waals surface area contributed by atoms with Crippen LogP contribution in [0.15, 0.2) is 41.0 Å². The highest BCUT2D eigenvalue weighted by molar-refractivity contribution is 9.10. The molecular formula is C16H18BrFN2O. The van der Waals surface area contributed by atoms with Gasteiger partial charge in [0, 0.05) is 28.8 Å². The number of hydrogen-bond donors (Lipinski definition) is 1. The predicted molar refractivity (Wildman–Crippen MR) is 84.6 cm³/mol. The van der Waals surface area contributed by atoms with E-state index < -0.39 is 0 Å². The summed E-state index contributed by atoms with van der Waals surface area (Å²) in [5.41, 5.74) is 1.56. The van der Waals surface area contributed by atoms with Gasteiger partial charge in [-0.05, 0) is 34.1 Å². The Balaban J connectivity index is 2.09. The number of benzene rings is 1. The summed E-state index contributed by atoms with van der Waals surface area (Å²) in [6.07, 6.45) is 1.70. The monoisotopic (exact) mass is 352 g/mol. The van der Waals surface area contributed by atoms with Gasteiger partial charge in [-0.15, -0.1) is 0 Å². The minimum atomic E-state index is -0.352. The topological polar surface area (TPSA) is 34.1 Å². The van der Waals surface area contributed by atoms with Crippen molar-refractivity contribution in [2.75, 3.05) is 0 Å². The molecule has 0 radical (unpaired) electrons. The van der Waals surface area contributed by atoms with E-state index in [0.717, 1.165) is 15.7 Å². The fourth-order valence-corrected chi connectivity index (χ4v) is 2.04. The highest BCUT2D eigenvalue weighted by Gasteiger charge is 2.10. The van der Waals surface area contributed by atoms with Crippen molar-refractivity contribution in [1.29, 1.82) is 0 Å². The minimum Gasteiger partial charge on any atom is -0.484 e. The highest BCUT2D eigenvalue weighted by Crippen LogP contribution is 2.23. The number of para-hydroxylation sites is 1. The van der Waals surface area contributed by atoms with Crippen molar-refractivity contribution in [3.8, 4) is 5.75 Å². The molecule has 0 unspecified atom stereocenters. The molecule has 1 aromatic heterocycles. The number of nitrogens with one attached hydrogen (secondary N) is 1. The first-order valence-corrected chi connectivity index (χ1v) is 7.59. The number of halogens is 2. The van der Waals surface area contributed by atoms with Gasteiger partial charge in [-0.25, -0.2) is 4.39 Å². The molecule has 2 rings (SSSR count). The summed E-state index contributed by atoms with van der Waals surface area (Å²) in [6, 6.07) is 9.02. The Bertz CT molecular complexity index is 587. The summed E-state index contributed by atoms with van der Waals surface area (Å²) in [5.74, 6) is -0.0643. The zero-order valence-electron chi connectivity index (χ0n) is 12.1. The Morgan fingerprint density at radius 2 is 2.10 bits per heavy atom. The van der Waals surface area contributed by atoms with E-state index in [0.29, 0.717) is 12.6 Å². The van der Waals surface area contributed by atoms with Gasteiger partial charge in [-0.2, -0.15) is 0 Å². The fraction of sp³-hybridized carbons (Fsp3) is 0.312. The molecule has 0 aliphatic heterocycles. The third-order valence-corrected chi connectivity index (χ3v) is 3.37. The molecule has 0 amide bonds. The molecule has 112 valence electrons. The molecule has 0 spiro atoms. The number of pyridine rings is 1. The molecule has 0 saturated heterocycles. The molecule has 0 atom stereocenters. The van der Waals surface area contributed by atoms with Crippen molar-refractivity contribution in [1.82, 2.24) is 10.3 Å².